The fourth-order valence-corrected chi connectivity index (χ4v) is 4.80. The zero-order chi connectivity index (χ0) is 22.6. The Hall–Kier alpha value is -2.62. The monoisotopic (exact) mass is 448 g/mol. The molecule has 1 amide bonds. The second-order valence-corrected chi connectivity index (χ2v) is 9.50. The van der Waals surface area contributed by atoms with Crippen molar-refractivity contribution in [3.63, 3.8) is 0 Å². The fourth-order valence-electron chi connectivity index (χ4n) is 3.50. The molecule has 0 bridgehead atoms. The molecule has 9 heteroatoms. The molecular formula is C22H25FN2O5S. The van der Waals surface area contributed by atoms with Gasteiger partial charge in [0.25, 0.3) is 0 Å². The summed E-state index contributed by atoms with van der Waals surface area (Å²) >= 11 is 0. The molecule has 1 aliphatic heterocycles. The predicted octanol–water partition coefficient (Wildman–Crippen LogP) is 2.01. The molecule has 1 fully saturated rings. The molecule has 1 N–H and O–H groups in total. The Morgan fingerprint density at radius 3 is 2.48 bits per heavy atom. The van der Waals surface area contributed by atoms with E-state index >= 15 is 0 Å². The van der Waals surface area contributed by atoms with Crippen LogP contribution < -0.4 is 4.72 Å². The number of methoxy groups -OCH3 is 1. The molecule has 1 saturated heterocycles. The summed E-state index contributed by atoms with van der Waals surface area (Å²) in [5.74, 6) is -1.91. The molecular weight excluding hydrogens is 423 g/mol. The summed E-state index contributed by atoms with van der Waals surface area (Å²) in [6, 6.07) is 12.3. The Bertz CT molecular complexity index is 1070. The quantitative estimate of drug-likeness (QED) is 0.593. The maximum Gasteiger partial charge on any atom is 0.248 e. The lowest BCUT2D eigenvalue weighted by Crippen LogP contribution is -2.54. The Kier molecular flexibility index (Phi) is 7.19. The average Bonchev–Trinajstić information content (AvgIpc) is 2.71. The van der Waals surface area contributed by atoms with Crippen molar-refractivity contribution >= 4 is 21.7 Å². The van der Waals surface area contributed by atoms with E-state index in [-0.39, 0.29) is 29.7 Å². The molecule has 166 valence electrons. The molecule has 0 aliphatic carbocycles. The first-order valence-corrected chi connectivity index (χ1v) is 11.5. The van der Waals surface area contributed by atoms with E-state index in [0.29, 0.717) is 24.2 Å². The smallest absolute Gasteiger partial charge is 0.248 e. The van der Waals surface area contributed by atoms with Crippen molar-refractivity contribution in [3.05, 3.63) is 59.4 Å². The number of hydrogen-bond donors (Lipinski definition) is 1. The van der Waals surface area contributed by atoms with Crippen LogP contribution in [0.1, 0.15) is 15.9 Å². The number of rotatable bonds is 9. The minimum absolute atomic E-state index is 0.0424. The highest BCUT2D eigenvalue weighted by atomic mass is 32.2. The van der Waals surface area contributed by atoms with Gasteiger partial charge in [-0.3, -0.25) is 9.59 Å². The third kappa shape index (κ3) is 5.75. The van der Waals surface area contributed by atoms with Crippen molar-refractivity contribution in [1.82, 2.24) is 9.62 Å². The third-order valence-corrected chi connectivity index (χ3v) is 6.64. The summed E-state index contributed by atoms with van der Waals surface area (Å²) in [6.45, 7) is 1.64. The first kappa shape index (κ1) is 23.1. The SMILES string of the molecule is COCC(=O)N1CC(CS(=O)(=O)NCC(=O)c2cc(-c3ccccc3)cc(C)c2F)C1. The molecule has 0 spiro atoms. The first-order chi connectivity index (χ1) is 14.7. The summed E-state index contributed by atoms with van der Waals surface area (Å²) < 4.78 is 46.3. The lowest BCUT2D eigenvalue weighted by Gasteiger charge is -2.38. The van der Waals surface area contributed by atoms with Crippen LogP contribution in [0.15, 0.2) is 42.5 Å². The summed E-state index contributed by atoms with van der Waals surface area (Å²) in [7, 11) is -2.34. The van der Waals surface area contributed by atoms with Gasteiger partial charge < -0.3 is 9.64 Å². The number of likely N-dealkylation sites (tertiary alicyclic amines) is 1. The molecule has 0 radical (unpaired) electrons. The van der Waals surface area contributed by atoms with E-state index in [9.17, 15) is 22.4 Å². The number of ether oxygens (including phenoxy) is 1. The van der Waals surface area contributed by atoms with Crippen LogP contribution in [-0.4, -0.2) is 64.1 Å². The van der Waals surface area contributed by atoms with E-state index < -0.39 is 28.2 Å². The second-order valence-electron chi connectivity index (χ2n) is 7.64. The van der Waals surface area contributed by atoms with Crippen LogP contribution >= 0.6 is 0 Å². The van der Waals surface area contributed by atoms with Gasteiger partial charge in [0.05, 0.1) is 17.9 Å². The maximum atomic E-state index is 14.6. The summed E-state index contributed by atoms with van der Waals surface area (Å²) in [5.41, 5.74) is 1.67. The van der Waals surface area contributed by atoms with Gasteiger partial charge in [0.1, 0.15) is 12.4 Å². The first-order valence-electron chi connectivity index (χ1n) is 9.83. The van der Waals surface area contributed by atoms with Crippen LogP contribution in [0.2, 0.25) is 0 Å². The number of nitrogens with zero attached hydrogens (tertiary/aromatic N) is 1. The lowest BCUT2D eigenvalue weighted by molar-refractivity contribution is -0.141. The van der Waals surface area contributed by atoms with E-state index in [1.807, 2.05) is 30.3 Å². The number of halogens is 1. The minimum Gasteiger partial charge on any atom is -0.375 e. The number of aryl methyl sites for hydroxylation is 1. The van der Waals surface area contributed by atoms with E-state index in [1.165, 1.54) is 18.1 Å². The molecule has 0 unspecified atom stereocenters. The van der Waals surface area contributed by atoms with Gasteiger partial charge in [-0.15, -0.1) is 0 Å². The van der Waals surface area contributed by atoms with Crippen LogP contribution in [0.25, 0.3) is 11.1 Å². The van der Waals surface area contributed by atoms with E-state index in [4.69, 9.17) is 4.74 Å². The molecule has 3 rings (SSSR count). The van der Waals surface area contributed by atoms with Crippen LogP contribution in [-0.2, 0) is 19.6 Å². The Morgan fingerprint density at radius 2 is 1.84 bits per heavy atom. The van der Waals surface area contributed by atoms with Crippen molar-refractivity contribution < 1.29 is 27.1 Å². The van der Waals surface area contributed by atoms with Crippen LogP contribution in [0.5, 0.6) is 0 Å². The highest BCUT2D eigenvalue weighted by Gasteiger charge is 2.33. The average molecular weight is 449 g/mol. The number of sulfonamides is 1. The van der Waals surface area contributed by atoms with Gasteiger partial charge in [0, 0.05) is 26.1 Å². The van der Waals surface area contributed by atoms with Gasteiger partial charge in [0.2, 0.25) is 15.9 Å². The Morgan fingerprint density at radius 1 is 1.16 bits per heavy atom. The number of hydrogen-bond acceptors (Lipinski definition) is 5. The molecule has 1 aliphatic rings. The van der Waals surface area contributed by atoms with Crippen LogP contribution in [0.4, 0.5) is 4.39 Å². The Labute approximate surface area is 181 Å². The number of benzene rings is 2. The van der Waals surface area contributed by atoms with Gasteiger partial charge in [0.15, 0.2) is 5.78 Å². The van der Waals surface area contributed by atoms with Gasteiger partial charge in [-0.05, 0) is 35.7 Å². The second kappa shape index (κ2) is 9.67. The van der Waals surface area contributed by atoms with Gasteiger partial charge in [-0.1, -0.05) is 30.3 Å². The zero-order valence-electron chi connectivity index (χ0n) is 17.4. The van der Waals surface area contributed by atoms with Crippen molar-refractivity contribution in [1.29, 1.82) is 0 Å². The van der Waals surface area contributed by atoms with Crippen molar-refractivity contribution in [2.24, 2.45) is 5.92 Å². The number of Topliss-reactive ketones (excluding diaryl/α,β-unsaturated/α-hetero) is 1. The largest absolute Gasteiger partial charge is 0.375 e. The van der Waals surface area contributed by atoms with E-state index in [2.05, 4.69) is 4.72 Å². The highest BCUT2D eigenvalue weighted by molar-refractivity contribution is 7.89. The van der Waals surface area contributed by atoms with Gasteiger partial charge >= 0.3 is 0 Å². The molecule has 2 aromatic carbocycles. The molecule has 2 aromatic rings. The fraction of sp³-hybridized carbons (Fsp3) is 0.364. The van der Waals surface area contributed by atoms with Gasteiger partial charge in [-0.2, -0.15) is 0 Å². The summed E-state index contributed by atoms with van der Waals surface area (Å²) in [5, 5.41) is 0. The molecule has 0 atom stereocenters. The van der Waals surface area contributed by atoms with Crippen molar-refractivity contribution in [2.45, 2.75) is 6.92 Å². The molecule has 1 heterocycles. The minimum atomic E-state index is -3.75. The summed E-state index contributed by atoms with van der Waals surface area (Å²) in [4.78, 5) is 25.8. The standard InChI is InChI=1S/C22H25FN2O5S/c1-15-8-18(17-6-4-3-5-7-17)9-19(22(15)23)20(26)10-24-31(28,29)14-16-11-25(12-16)21(27)13-30-2/h3-9,16,24H,10-14H2,1-2H3. The van der Waals surface area contributed by atoms with Crippen molar-refractivity contribution in [3.8, 4) is 11.1 Å². The van der Waals surface area contributed by atoms with Crippen LogP contribution in [0, 0.1) is 18.7 Å². The molecule has 31 heavy (non-hydrogen) atoms. The van der Waals surface area contributed by atoms with Gasteiger partial charge in [-0.25, -0.2) is 17.5 Å². The third-order valence-electron chi connectivity index (χ3n) is 5.15. The van der Waals surface area contributed by atoms with Crippen molar-refractivity contribution in [2.75, 3.05) is 39.1 Å². The number of nitrogens with one attached hydrogen (secondary N) is 1. The molecule has 7 nitrogen and oxygen atoms in total. The maximum absolute atomic E-state index is 14.6. The number of ketones is 1. The van der Waals surface area contributed by atoms with E-state index in [1.54, 1.807) is 13.0 Å². The summed E-state index contributed by atoms with van der Waals surface area (Å²) in [6.07, 6.45) is 0. The predicted molar refractivity (Wildman–Crippen MR) is 115 cm³/mol. The van der Waals surface area contributed by atoms with E-state index in [0.717, 1.165) is 5.56 Å². The zero-order valence-corrected chi connectivity index (χ0v) is 18.2. The Balaban J connectivity index is 1.62. The highest BCUT2D eigenvalue weighted by Crippen LogP contribution is 2.25. The van der Waals surface area contributed by atoms with Crippen LogP contribution in [0.3, 0.4) is 0 Å². The molecule has 0 aromatic heterocycles. The topological polar surface area (TPSA) is 92.8 Å². The molecule has 0 saturated carbocycles. The normalized spacial score (nSPS) is 14.4. The number of carbonyl (C=O) groups is 2. The number of carbonyl (C=O) groups excluding carboxylic acids is 2. The lowest BCUT2D eigenvalue weighted by atomic mass is 9.98. The number of amides is 1.